The van der Waals surface area contributed by atoms with Crippen LogP contribution in [0.15, 0.2) is 41.6 Å². The highest BCUT2D eigenvalue weighted by Gasteiger charge is 2.20. The summed E-state index contributed by atoms with van der Waals surface area (Å²) in [5.41, 5.74) is 1.45. The van der Waals surface area contributed by atoms with Gasteiger partial charge < -0.3 is 10.6 Å². The molecule has 0 bridgehead atoms. The highest BCUT2D eigenvalue weighted by atomic mass is 35.5. The first-order chi connectivity index (χ1) is 11.4. The molecule has 2 rings (SSSR count). The van der Waals surface area contributed by atoms with E-state index in [1.807, 2.05) is 0 Å². The summed E-state index contributed by atoms with van der Waals surface area (Å²) >= 11 is 0. The van der Waals surface area contributed by atoms with Gasteiger partial charge in [0.15, 0.2) is 0 Å². The van der Waals surface area contributed by atoms with E-state index in [4.69, 9.17) is 0 Å². The molecule has 1 aromatic carbocycles. The maximum absolute atomic E-state index is 12.4. The van der Waals surface area contributed by atoms with Gasteiger partial charge in [-0.05, 0) is 31.8 Å². The molecule has 10 heteroatoms. The lowest BCUT2D eigenvalue weighted by Gasteiger charge is -2.15. The quantitative estimate of drug-likeness (QED) is 0.634. The van der Waals surface area contributed by atoms with Gasteiger partial charge >= 0.3 is 0 Å². The summed E-state index contributed by atoms with van der Waals surface area (Å²) in [5, 5.41) is 9.80. The molecule has 1 amide bonds. The minimum atomic E-state index is -3.51. The number of halogens is 1. The van der Waals surface area contributed by atoms with Crippen molar-refractivity contribution in [3.05, 3.63) is 47.8 Å². The fourth-order valence-electron chi connectivity index (χ4n) is 2.27. The van der Waals surface area contributed by atoms with E-state index in [0.29, 0.717) is 5.56 Å². The number of carbonyl (C=O) groups is 1. The molecule has 0 spiro atoms. The van der Waals surface area contributed by atoms with Crippen LogP contribution < -0.4 is 15.4 Å². The maximum Gasteiger partial charge on any atom is 0.242 e. The summed E-state index contributed by atoms with van der Waals surface area (Å²) in [5.74, 6) is -0.215. The monoisotopic (exact) mass is 387 g/mol. The van der Waals surface area contributed by atoms with Crippen LogP contribution in [0.1, 0.15) is 17.2 Å². The van der Waals surface area contributed by atoms with Gasteiger partial charge in [-0.3, -0.25) is 9.48 Å². The highest BCUT2D eigenvalue weighted by Crippen LogP contribution is 2.13. The number of aromatic nitrogens is 2. The average Bonchev–Trinajstić information content (AvgIpc) is 3.00. The second-order valence-corrected chi connectivity index (χ2v) is 7.13. The zero-order chi connectivity index (χ0) is 17.7. The Bertz CT molecular complexity index is 822. The number of hydrogen-bond donors (Lipinski definition) is 3. The van der Waals surface area contributed by atoms with Gasteiger partial charge in [0.1, 0.15) is 6.04 Å². The Kier molecular flexibility index (Phi) is 7.56. The van der Waals surface area contributed by atoms with Crippen molar-refractivity contribution in [1.29, 1.82) is 0 Å². The molecule has 0 saturated heterocycles. The van der Waals surface area contributed by atoms with E-state index in [1.165, 1.54) is 19.2 Å². The number of hydrogen-bond acceptors (Lipinski definition) is 5. The molecule has 3 N–H and O–H groups in total. The van der Waals surface area contributed by atoms with Gasteiger partial charge in [0, 0.05) is 25.4 Å². The Balaban J connectivity index is 0.00000312. The number of likely N-dealkylation sites (N-methyl/N-ethyl adjacent to an activating group) is 1. The van der Waals surface area contributed by atoms with Crippen LogP contribution in [0, 0.1) is 0 Å². The third-order valence-electron chi connectivity index (χ3n) is 3.55. The minimum Gasteiger partial charge on any atom is -0.350 e. The highest BCUT2D eigenvalue weighted by molar-refractivity contribution is 7.89. The molecular formula is C15H22ClN5O3S. The molecule has 0 fully saturated rings. The molecule has 1 heterocycles. The van der Waals surface area contributed by atoms with Gasteiger partial charge in [-0.15, -0.1) is 12.4 Å². The number of carbonyl (C=O) groups excluding carboxylic acids is 1. The Hall–Kier alpha value is -1.94. The fraction of sp³-hybridized carbons (Fsp3) is 0.333. The third kappa shape index (κ3) is 5.27. The summed E-state index contributed by atoms with van der Waals surface area (Å²) in [4.78, 5) is 12.5. The van der Waals surface area contributed by atoms with Crippen LogP contribution in [0.5, 0.6) is 0 Å². The first kappa shape index (κ1) is 21.1. The van der Waals surface area contributed by atoms with Crippen molar-refractivity contribution in [2.24, 2.45) is 7.05 Å². The Morgan fingerprint density at radius 1 is 1.32 bits per heavy atom. The third-order valence-corrected chi connectivity index (χ3v) is 4.97. The first-order valence-corrected chi connectivity index (χ1v) is 8.81. The van der Waals surface area contributed by atoms with Crippen LogP contribution >= 0.6 is 12.4 Å². The lowest BCUT2D eigenvalue weighted by Crippen LogP contribution is -2.35. The van der Waals surface area contributed by atoms with E-state index in [0.717, 1.165) is 5.56 Å². The van der Waals surface area contributed by atoms with Gasteiger partial charge in [-0.1, -0.05) is 12.1 Å². The van der Waals surface area contributed by atoms with Crippen molar-refractivity contribution in [2.45, 2.75) is 17.5 Å². The largest absolute Gasteiger partial charge is 0.350 e. The van der Waals surface area contributed by atoms with Crippen molar-refractivity contribution in [3.63, 3.8) is 0 Å². The van der Waals surface area contributed by atoms with Gasteiger partial charge in [-0.25, -0.2) is 13.1 Å². The molecule has 1 aromatic heterocycles. The summed E-state index contributed by atoms with van der Waals surface area (Å²) in [6, 6.07) is 5.91. The topological polar surface area (TPSA) is 105 Å². The summed E-state index contributed by atoms with van der Waals surface area (Å²) < 4.78 is 27.5. The van der Waals surface area contributed by atoms with Gasteiger partial charge in [-0.2, -0.15) is 5.10 Å². The molecule has 138 valence electrons. The molecular weight excluding hydrogens is 366 g/mol. The van der Waals surface area contributed by atoms with E-state index >= 15 is 0 Å². The Morgan fingerprint density at radius 2 is 2.04 bits per heavy atom. The van der Waals surface area contributed by atoms with Crippen molar-refractivity contribution in [3.8, 4) is 0 Å². The van der Waals surface area contributed by atoms with E-state index in [9.17, 15) is 13.2 Å². The summed E-state index contributed by atoms with van der Waals surface area (Å²) in [6.45, 7) is 0.227. The number of sulfonamides is 1. The molecule has 0 radical (unpaired) electrons. The zero-order valence-electron chi connectivity index (χ0n) is 14.2. The molecule has 1 atom stereocenters. The molecule has 1 unspecified atom stereocenters. The van der Waals surface area contributed by atoms with Crippen LogP contribution in [-0.4, -0.2) is 38.2 Å². The van der Waals surface area contributed by atoms with Crippen molar-refractivity contribution in [1.82, 2.24) is 25.1 Å². The van der Waals surface area contributed by atoms with Crippen LogP contribution in [-0.2, 0) is 28.4 Å². The second kappa shape index (κ2) is 8.95. The van der Waals surface area contributed by atoms with E-state index < -0.39 is 16.1 Å². The van der Waals surface area contributed by atoms with Crippen LogP contribution in [0.3, 0.4) is 0 Å². The number of amides is 1. The number of aryl methyl sites for hydroxylation is 1. The second-order valence-electron chi connectivity index (χ2n) is 5.24. The fourth-order valence-corrected chi connectivity index (χ4v) is 3.07. The Labute approximate surface area is 153 Å². The van der Waals surface area contributed by atoms with Crippen LogP contribution in [0.2, 0.25) is 0 Å². The number of rotatable bonds is 7. The number of nitrogens with one attached hydrogen (secondary N) is 3. The average molecular weight is 388 g/mol. The summed E-state index contributed by atoms with van der Waals surface area (Å²) in [7, 11) is 1.32. The minimum absolute atomic E-state index is 0. The van der Waals surface area contributed by atoms with E-state index in [2.05, 4.69) is 20.5 Å². The molecule has 0 aliphatic heterocycles. The first-order valence-electron chi connectivity index (χ1n) is 7.33. The van der Waals surface area contributed by atoms with Gasteiger partial charge in [0.25, 0.3) is 0 Å². The molecule has 0 saturated carbocycles. The molecule has 8 nitrogen and oxygen atoms in total. The van der Waals surface area contributed by atoms with Crippen molar-refractivity contribution in [2.75, 3.05) is 14.1 Å². The predicted octanol–water partition coefficient (Wildman–Crippen LogP) is 0.327. The number of benzene rings is 1. The van der Waals surface area contributed by atoms with Gasteiger partial charge in [0.2, 0.25) is 15.9 Å². The predicted molar refractivity (Wildman–Crippen MR) is 96.8 cm³/mol. The SMILES string of the molecule is CNC(C(=O)NCc1cccc(S(=O)(=O)NC)c1)c1cnn(C)c1.Cl. The van der Waals surface area contributed by atoms with Gasteiger partial charge in [0.05, 0.1) is 11.1 Å². The van der Waals surface area contributed by atoms with E-state index in [1.54, 1.807) is 43.3 Å². The lowest BCUT2D eigenvalue weighted by molar-refractivity contribution is -0.123. The maximum atomic E-state index is 12.4. The smallest absolute Gasteiger partial charge is 0.242 e. The van der Waals surface area contributed by atoms with Crippen molar-refractivity contribution < 1.29 is 13.2 Å². The Morgan fingerprint density at radius 3 is 2.60 bits per heavy atom. The van der Waals surface area contributed by atoms with E-state index in [-0.39, 0.29) is 29.8 Å². The zero-order valence-corrected chi connectivity index (χ0v) is 15.8. The molecule has 0 aliphatic carbocycles. The normalized spacial score (nSPS) is 12.3. The van der Waals surface area contributed by atoms with Crippen LogP contribution in [0.4, 0.5) is 0 Å². The summed E-state index contributed by atoms with van der Waals surface area (Å²) in [6.07, 6.45) is 3.39. The lowest BCUT2D eigenvalue weighted by atomic mass is 10.1. The van der Waals surface area contributed by atoms with Crippen molar-refractivity contribution >= 4 is 28.3 Å². The molecule has 25 heavy (non-hydrogen) atoms. The van der Waals surface area contributed by atoms with Crippen LogP contribution in [0.25, 0.3) is 0 Å². The standard InChI is InChI=1S/C15H21N5O3S.ClH/c1-16-14(12-9-19-20(3)10-12)15(21)18-8-11-5-4-6-13(7-11)24(22,23)17-2;/h4-7,9-10,14,16-17H,8H2,1-3H3,(H,18,21);1H. The molecule has 0 aliphatic rings. The molecule has 2 aromatic rings. The number of nitrogens with zero attached hydrogens (tertiary/aromatic N) is 2.